The summed E-state index contributed by atoms with van der Waals surface area (Å²) < 4.78 is 25.0. The van der Waals surface area contributed by atoms with E-state index in [1.165, 1.54) is 42.5 Å². The Balaban J connectivity index is 1.56. The van der Waals surface area contributed by atoms with E-state index in [0.29, 0.717) is 16.1 Å². The number of carbonyl (C=O) groups is 4. The number of ether oxygens (including phenoxy) is 2. The lowest BCUT2D eigenvalue weighted by molar-refractivity contribution is -0.122. The zero-order valence-electron chi connectivity index (χ0n) is 20.9. The van der Waals surface area contributed by atoms with Crippen LogP contribution in [0.4, 0.5) is 20.6 Å². The Morgan fingerprint density at radius 2 is 1.82 bits per heavy atom. The van der Waals surface area contributed by atoms with Crippen molar-refractivity contribution in [3.8, 4) is 11.5 Å². The number of rotatable bonds is 8. The standard InChI is InChI=1S/C28H23ClFN3O6/c1-3-38-24-13-17(9-11-23(24)39-15-25(34)31-21-7-5-4-6-20(21)30)12-19-26(35)32-28(37)33(27(19)36)22-14-18(29)10-8-16(22)2/h4-14H,3,15H2,1-2H3,(H,31,34)(H,32,35,37)/b19-12+. The first-order valence-electron chi connectivity index (χ1n) is 11.8. The highest BCUT2D eigenvalue weighted by molar-refractivity contribution is 6.39. The maximum atomic E-state index is 13.8. The lowest BCUT2D eigenvalue weighted by Crippen LogP contribution is -2.54. The molecule has 5 amide bonds. The van der Waals surface area contributed by atoms with Gasteiger partial charge in [-0.1, -0.05) is 35.9 Å². The number of carbonyl (C=O) groups excluding carboxylic acids is 4. The van der Waals surface area contributed by atoms with E-state index in [4.69, 9.17) is 21.1 Å². The van der Waals surface area contributed by atoms with E-state index in [9.17, 15) is 23.6 Å². The Morgan fingerprint density at radius 3 is 2.56 bits per heavy atom. The van der Waals surface area contributed by atoms with Crippen LogP contribution in [0.5, 0.6) is 11.5 Å². The number of para-hydroxylation sites is 1. The molecule has 1 heterocycles. The van der Waals surface area contributed by atoms with Crippen molar-refractivity contribution in [3.63, 3.8) is 0 Å². The fraction of sp³-hybridized carbons (Fsp3) is 0.143. The first-order chi connectivity index (χ1) is 18.7. The van der Waals surface area contributed by atoms with Crippen molar-refractivity contribution in [2.24, 2.45) is 0 Å². The second-order valence-electron chi connectivity index (χ2n) is 8.34. The summed E-state index contributed by atoms with van der Waals surface area (Å²) in [5, 5.41) is 4.91. The second kappa shape index (κ2) is 11.8. The molecule has 0 bridgehead atoms. The van der Waals surface area contributed by atoms with Crippen molar-refractivity contribution in [3.05, 3.63) is 88.2 Å². The number of nitrogens with zero attached hydrogens (tertiary/aromatic N) is 1. The number of imide groups is 2. The molecular formula is C28H23ClFN3O6. The lowest BCUT2D eigenvalue weighted by Gasteiger charge is -2.27. The van der Waals surface area contributed by atoms with Crippen molar-refractivity contribution in [2.45, 2.75) is 13.8 Å². The molecule has 0 radical (unpaired) electrons. The van der Waals surface area contributed by atoms with Crippen LogP contribution in [0.2, 0.25) is 5.02 Å². The summed E-state index contributed by atoms with van der Waals surface area (Å²) in [5.74, 6) is -2.38. The summed E-state index contributed by atoms with van der Waals surface area (Å²) >= 11 is 6.06. The average molecular weight is 552 g/mol. The largest absolute Gasteiger partial charge is 0.490 e. The minimum absolute atomic E-state index is 0.0222. The molecular weight excluding hydrogens is 529 g/mol. The molecule has 0 unspecified atom stereocenters. The summed E-state index contributed by atoms with van der Waals surface area (Å²) in [6.07, 6.45) is 1.31. The first kappa shape index (κ1) is 27.3. The molecule has 0 aliphatic carbocycles. The molecule has 11 heteroatoms. The minimum atomic E-state index is -0.889. The Morgan fingerprint density at radius 1 is 1.05 bits per heavy atom. The predicted octanol–water partition coefficient (Wildman–Crippen LogP) is 4.87. The van der Waals surface area contributed by atoms with Gasteiger partial charge in [0.25, 0.3) is 17.7 Å². The Bertz CT molecular complexity index is 1510. The maximum absolute atomic E-state index is 13.8. The first-order valence-corrected chi connectivity index (χ1v) is 12.2. The van der Waals surface area contributed by atoms with E-state index < -0.39 is 36.2 Å². The number of hydrogen-bond donors (Lipinski definition) is 2. The van der Waals surface area contributed by atoms with E-state index in [2.05, 4.69) is 10.6 Å². The van der Waals surface area contributed by atoms with Crippen LogP contribution < -0.4 is 25.0 Å². The maximum Gasteiger partial charge on any atom is 0.335 e. The van der Waals surface area contributed by atoms with Gasteiger partial charge in [-0.25, -0.2) is 14.1 Å². The van der Waals surface area contributed by atoms with Crippen LogP contribution in [0.15, 0.2) is 66.2 Å². The van der Waals surface area contributed by atoms with E-state index in [-0.39, 0.29) is 35.1 Å². The van der Waals surface area contributed by atoms with Gasteiger partial charge in [0.05, 0.1) is 18.0 Å². The van der Waals surface area contributed by atoms with Gasteiger partial charge in [0.15, 0.2) is 18.1 Å². The van der Waals surface area contributed by atoms with E-state index in [1.807, 2.05) is 0 Å². The summed E-state index contributed by atoms with van der Waals surface area (Å²) in [7, 11) is 0. The monoisotopic (exact) mass is 551 g/mol. The Labute approximate surface area is 228 Å². The van der Waals surface area contributed by atoms with Gasteiger partial charge < -0.3 is 14.8 Å². The Kier molecular flexibility index (Phi) is 8.26. The van der Waals surface area contributed by atoms with Crippen LogP contribution in [-0.2, 0) is 14.4 Å². The molecule has 200 valence electrons. The second-order valence-corrected chi connectivity index (χ2v) is 8.78. The van der Waals surface area contributed by atoms with Gasteiger partial charge in [0, 0.05) is 5.02 Å². The summed E-state index contributed by atoms with van der Waals surface area (Å²) in [6.45, 7) is 3.28. The third-order valence-electron chi connectivity index (χ3n) is 5.60. The molecule has 3 aromatic carbocycles. The van der Waals surface area contributed by atoms with Gasteiger partial charge in [-0.15, -0.1) is 0 Å². The van der Waals surface area contributed by atoms with Crippen LogP contribution in [0.3, 0.4) is 0 Å². The van der Waals surface area contributed by atoms with Crippen molar-refractivity contribution < 1.29 is 33.0 Å². The van der Waals surface area contributed by atoms with E-state index in [1.54, 1.807) is 38.1 Å². The van der Waals surface area contributed by atoms with Crippen molar-refractivity contribution in [1.82, 2.24) is 5.32 Å². The highest BCUT2D eigenvalue weighted by Crippen LogP contribution is 2.31. The summed E-state index contributed by atoms with van der Waals surface area (Å²) in [4.78, 5) is 51.5. The quantitative estimate of drug-likeness (QED) is 0.305. The summed E-state index contributed by atoms with van der Waals surface area (Å²) in [5.41, 5.74) is 0.993. The SMILES string of the molecule is CCOc1cc(/C=C2\C(=O)NC(=O)N(c3cc(Cl)ccc3C)C2=O)ccc1OCC(=O)Nc1ccccc1F. The van der Waals surface area contributed by atoms with Crippen LogP contribution in [0, 0.1) is 12.7 Å². The molecule has 9 nitrogen and oxygen atoms in total. The normalized spacial score (nSPS) is 14.3. The average Bonchev–Trinajstić information content (AvgIpc) is 2.89. The summed E-state index contributed by atoms with van der Waals surface area (Å²) in [6, 6.07) is 14.2. The molecule has 0 saturated carbocycles. The van der Waals surface area contributed by atoms with Crippen LogP contribution >= 0.6 is 11.6 Å². The van der Waals surface area contributed by atoms with Gasteiger partial charge in [0.1, 0.15) is 11.4 Å². The zero-order chi connectivity index (χ0) is 28.1. The van der Waals surface area contributed by atoms with Crippen LogP contribution in [-0.4, -0.2) is 37.0 Å². The fourth-order valence-electron chi connectivity index (χ4n) is 3.76. The number of hydrogen-bond acceptors (Lipinski definition) is 6. The molecule has 0 spiro atoms. The predicted molar refractivity (Wildman–Crippen MR) is 143 cm³/mol. The lowest BCUT2D eigenvalue weighted by atomic mass is 10.1. The number of barbiturate groups is 1. The number of benzene rings is 3. The topological polar surface area (TPSA) is 114 Å². The molecule has 3 aromatic rings. The van der Waals surface area contributed by atoms with Crippen molar-refractivity contribution in [1.29, 1.82) is 0 Å². The Hall–Kier alpha value is -4.70. The van der Waals surface area contributed by atoms with Crippen molar-refractivity contribution in [2.75, 3.05) is 23.4 Å². The number of nitrogens with one attached hydrogen (secondary N) is 2. The number of halogens is 2. The molecule has 0 aromatic heterocycles. The fourth-order valence-corrected chi connectivity index (χ4v) is 3.93. The molecule has 39 heavy (non-hydrogen) atoms. The molecule has 1 saturated heterocycles. The van der Waals surface area contributed by atoms with Crippen molar-refractivity contribution >= 4 is 52.8 Å². The number of anilines is 2. The van der Waals surface area contributed by atoms with Gasteiger partial charge in [0.2, 0.25) is 0 Å². The molecule has 1 fully saturated rings. The molecule has 1 aliphatic rings. The number of aryl methyl sites for hydroxylation is 1. The third-order valence-corrected chi connectivity index (χ3v) is 5.83. The van der Waals surface area contributed by atoms with E-state index >= 15 is 0 Å². The van der Waals surface area contributed by atoms with Crippen LogP contribution in [0.1, 0.15) is 18.1 Å². The highest BCUT2D eigenvalue weighted by Gasteiger charge is 2.37. The molecule has 4 rings (SSSR count). The number of urea groups is 1. The van der Waals surface area contributed by atoms with Gasteiger partial charge >= 0.3 is 6.03 Å². The number of amides is 5. The van der Waals surface area contributed by atoms with Gasteiger partial charge in [-0.3, -0.25) is 19.7 Å². The van der Waals surface area contributed by atoms with E-state index in [0.717, 1.165) is 4.90 Å². The van der Waals surface area contributed by atoms with Gasteiger partial charge in [-0.05, 0) is 67.4 Å². The molecule has 1 aliphatic heterocycles. The highest BCUT2D eigenvalue weighted by atomic mass is 35.5. The molecule has 2 N–H and O–H groups in total. The zero-order valence-corrected chi connectivity index (χ0v) is 21.7. The van der Waals surface area contributed by atoms with Gasteiger partial charge in [-0.2, -0.15) is 0 Å². The third kappa shape index (κ3) is 6.24. The minimum Gasteiger partial charge on any atom is -0.490 e. The molecule has 0 atom stereocenters. The smallest absolute Gasteiger partial charge is 0.335 e. The van der Waals surface area contributed by atoms with Crippen LogP contribution in [0.25, 0.3) is 6.08 Å².